The first-order valence-electron chi connectivity index (χ1n) is 10.7. The Hall–Kier alpha value is -2.41. The second-order valence-corrected chi connectivity index (χ2v) is 8.46. The minimum absolute atomic E-state index is 0.00151. The molecule has 156 valence electrons. The van der Waals surface area contributed by atoms with Gasteiger partial charge in [0.1, 0.15) is 6.04 Å². The van der Waals surface area contributed by atoms with Crippen molar-refractivity contribution in [3.05, 3.63) is 29.8 Å². The summed E-state index contributed by atoms with van der Waals surface area (Å²) in [6.07, 6.45) is 3.11. The maximum atomic E-state index is 13.0. The summed E-state index contributed by atoms with van der Waals surface area (Å²) in [4.78, 5) is 44.1. The first-order valence-corrected chi connectivity index (χ1v) is 10.7. The number of fused-ring (bicyclic) bond motifs is 1. The van der Waals surface area contributed by atoms with Gasteiger partial charge in [-0.3, -0.25) is 14.4 Å². The van der Waals surface area contributed by atoms with Crippen LogP contribution in [0.3, 0.4) is 0 Å². The van der Waals surface area contributed by atoms with Crippen LogP contribution in [0.2, 0.25) is 0 Å². The molecule has 0 spiro atoms. The molecule has 7 nitrogen and oxygen atoms in total. The lowest BCUT2D eigenvalue weighted by Crippen LogP contribution is -2.53. The summed E-state index contributed by atoms with van der Waals surface area (Å²) in [5.74, 6) is -0.110. The molecule has 3 aliphatic heterocycles. The van der Waals surface area contributed by atoms with Gasteiger partial charge in [0.05, 0.1) is 0 Å². The molecule has 3 aliphatic rings. The number of rotatable bonds is 4. The third-order valence-corrected chi connectivity index (χ3v) is 6.49. The van der Waals surface area contributed by atoms with E-state index in [9.17, 15) is 14.4 Å². The Morgan fingerprint density at radius 2 is 1.86 bits per heavy atom. The fraction of sp³-hybridized carbons (Fsp3) is 0.591. The summed E-state index contributed by atoms with van der Waals surface area (Å²) in [5, 5.41) is 2.95. The number of amides is 3. The van der Waals surface area contributed by atoms with E-state index in [1.165, 1.54) is 0 Å². The first-order chi connectivity index (χ1) is 14.0. The van der Waals surface area contributed by atoms with Crippen molar-refractivity contribution < 1.29 is 14.4 Å². The van der Waals surface area contributed by atoms with Crippen LogP contribution in [0.1, 0.15) is 31.2 Å². The maximum Gasteiger partial charge on any atom is 0.245 e. The van der Waals surface area contributed by atoms with E-state index >= 15 is 0 Å². The van der Waals surface area contributed by atoms with Crippen LogP contribution in [0.4, 0.5) is 5.69 Å². The molecule has 0 unspecified atom stereocenters. The van der Waals surface area contributed by atoms with Gasteiger partial charge in [0.25, 0.3) is 0 Å². The van der Waals surface area contributed by atoms with E-state index in [2.05, 4.69) is 17.3 Å². The molecular weight excluding hydrogens is 368 g/mol. The lowest BCUT2D eigenvalue weighted by Gasteiger charge is -2.36. The van der Waals surface area contributed by atoms with E-state index < -0.39 is 0 Å². The zero-order valence-electron chi connectivity index (χ0n) is 17.1. The van der Waals surface area contributed by atoms with Crippen molar-refractivity contribution in [3.63, 3.8) is 0 Å². The molecule has 2 fully saturated rings. The molecule has 0 saturated carbocycles. The zero-order chi connectivity index (χ0) is 20.4. The van der Waals surface area contributed by atoms with Gasteiger partial charge >= 0.3 is 0 Å². The van der Waals surface area contributed by atoms with E-state index in [1.807, 2.05) is 29.2 Å². The number of benzene rings is 1. The Balaban J connectivity index is 1.33. The van der Waals surface area contributed by atoms with Crippen molar-refractivity contribution in [3.8, 4) is 0 Å². The van der Waals surface area contributed by atoms with E-state index in [-0.39, 0.29) is 29.7 Å². The normalized spacial score (nSPS) is 24.9. The van der Waals surface area contributed by atoms with Crippen LogP contribution in [0.5, 0.6) is 0 Å². The van der Waals surface area contributed by atoms with Crippen molar-refractivity contribution >= 4 is 23.4 Å². The molecule has 2 atom stereocenters. The number of carbonyl (C=O) groups excluding carboxylic acids is 3. The molecule has 1 aromatic rings. The fourth-order valence-corrected chi connectivity index (χ4v) is 4.65. The van der Waals surface area contributed by atoms with Crippen LogP contribution >= 0.6 is 0 Å². The number of para-hydroxylation sites is 1. The topological polar surface area (TPSA) is 73.0 Å². The second kappa shape index (κ2) is 8.53. The van der Waals surface area contributed by atoms with Crippen molar-refractivity contribution in [1.82, 2.24) is 14.7 Å². The fourth-order valence-electron chi connectivity index (χ4n) is 4.65. The number of hydrogen-bond acceptors (Lipinski definition) is 4. The Morgan fingerprint density at radius 1 is 1.10 bits per heavy atom. The molecule has 3 heterocycles. The summed E-state index contributed by atoms with van der Waals surface area (Å²) >= 11 is 0. The number of likely N-dealkylation sites (N-methyl/N-ethyl adjacent to an activating group) is 1. The highest BCUT2D eigenvalue weighted by molar-refractivity contribution is 5.96. The van der Waals surface area contributed by atoms with Crippen LogP contribution in [0, 0.1) is 5.92 Å². The van der Waals surface area contributed by atoms with Gasteiger partial charge in [0.2, 0.25) is 17.7 Å². The summed E-state index contributed by atoms with van der Waals surface area (Å²) in [6.45, 7) is 3.86. The first kappa shape index (κ1) is 19.9. The van der Waals surface area contributed by atoms with Gasteiger partial charge in [-0.2, -0.15) is 0 Å². The maximum absolute atomic E-state index is 13.0. The average molecular weight is 399 g/mol. The summed E-state index contributed by atoms with van der Waals surface area (Å²) in [6, 6.07) is 7.49. The van der Waals surface area contributed by atoms with Gasteiger partial charge in [-0.25, -0.2) is 0 Å². The van der Waals surface area contributed by atoms with Crippen molar-refractivity contribution in [2.45, 2.75) is 38.1 Å². The number of likely N-dealkylation sites (tertiary alicyclic amines) is 1. The molecule has 7 heteroatoms. The summed E-state index contributed by atoms with van der Waals surface area (Å²) in [5.41, 5.74) is 1.99. The minimum atomic E-state index is -0.327. The molecule has 1 aromatic carbocycles. The Kier molecular flexibility index (Phi) is 5.85. The average Bonchev–Trinajstić information content (AvgIpc) is 3.22. The van der Waals surface area contributed by atoms with Crippen LogP contribution in [0.25, 0.3) is 0 Å². The van der Waals surface area contributed by atoms with Gasteiger partial charge in [-0.05, 0) is 44.4 Å². The van der Waals surface area contributed by atoms with Gasteiger partial charge in [-0.15, -0.1) is 0 Å². The van der Waals surface area contributed by atoms with Crippen LogP contribution < -0.4 is 5.32 Å². The molecule has 4 rings (SSSR count). The summed E-state index contributed by atoms with van der Waals surface area (Å²) in [7, 11) is 2.06. The number of nitrogens with zero attached hydrogens (tertiary/aromatic N) is 3. The predicted octanol–water partition coefficient (Wildman–Crippen LogP) is 1.34. The molecule has 29 heavy (non-hydrogen) atoms. The lowest BCUT2D eigenvalue weighted by molar-refractivity contribution is -0.145. The van der Waals surface area contributed by atoms with E-state index in [4.69, 9.17) is 0 Å². The highest BCUT2D eigenvalue weighted by Crippen LogP contribution is 2.28. The number of piperazine rings is 1. The van der Waals surface area contributed by atoms with E-state index in [1.54, 1.807) is 4.90 Å². The van der Waals surface area contributed by atoms with Crippen molar-refractivity contribution in [1.29, 1.82) is 0 Å². The van der Waals surface area contributed by atoms with Gasteiger partial charge in [-0.1, -0.05) is 18.2 Å². The molecule has 0 bridgehead atoms. The van der Waals surface area contributed by atoms with Gasteiger partial charge in [0, 0.05) is 50.7 Å². The molecular formula is C22H30N4O3. The zero-order valence-corrected chi connectivity index (χ0v) is 17.1. The molecule has 0 aromatic heterocycles. The Morgan fingerprint density at radius 3 is 2.66 bits per heavy atom. The monoisotopic (exact) mass is 398 g/mol. The van der Waals surface area contributed by atoms with Crippen LogP contribution in [0.15, 0.2) is 24.3 Å². The molecule has 1 N–H and O–H groups in total. The lowest BCUT2D eigenvalue weighted by atomic mass is 9.89. The van der Waals surface area contributed by atoms with Crippen LogP contribution in [-0.2, 0) is 20.8 Å². The highest BCUT2D eigenvalue weighted by atomic mass is 16.2. The van der Waals surface area contributed by atoms with Crippen LogP contribution in [-0.4, -0.2) is 78.2 Å². The Bertz CT molecular complexity index is 788. The number of anilines is 1. The van der Waals surface area contributed by atoms with Gasteiger partial charge < -0.3 is 20.0 Å². The summed E-state index contributed by atoms with van der Waals surface area (Å²) < 4.78 is 0. The molecule has 3 amide bonds. The number of hydrogen-bond donors (Lipinski definition) is 1. The Labute approximate surface area is 172 Å². The quantitative estimate of drug-likeness (QED) is 0.831. The van der Waals surface area contributed by atoms with Gasteiger partial charge in [0.15, 0.2) is 0 Å². The minimum Gasteiger partial charge on any atom is -0.338 e. The smallest absolute Gasteiger partial charge is 0.245 e. The van der Waals surface area contributed by atoms with Crippen molar-refractivity contribution in [2.24, 2.45) is 5.92 Å². The second-order valence-electron chi connectivity index (χ2n) is 8.46. The molecule has 0 aliphatic carbocycles. The molecule has 0 radical (unpaired) electrons. The van der Waals surface area contributed by atoms with E-state index in [0.717, 1.165) is 50.3 Å². The SMILES string of the molecule is CN1CCN(C(=O)[C@@H]2CCCN2C(=O)CC[C@@H]2Cc3ccccc3NC2=O)CC1. The predicted molar refractivity (Wildman–Crippen MR) is 110 cm³/mol. The number of carbonyl (C=O) groups is 3. The largest absolute Gasteiger partial charge is 0.338 e. The third-order valence-electron chi connectivity index (χ3n) is 6.49. The standard InChI is InChI=1S/C22H30N4O3/c1-24-11-13-25(14-12-24)22(29)19-7-4-10-26(19)20(27)9-8-17-15-16-5-2-3-6-18(16)23-21(17)28/h2-3,5-6,17,19H,4,7-15H2,1H3,(H,23,28)/t17-,19+/m1/s1. The third kappa shape index (κ3) is 4.29. The number of nitrogens with one attached hydrogen (secondary N) is 1. The highest BCUT2D eigenvalue weighted by Gasteiger charge is 2.37. The molecule has 2 saturated heterocycles. The van der Waals surface area contributed by atoms with E-state index in [0.29, 0.717) is 25.8 Å². The van der Waals surface area contributed by atoms with Crippen molar-refractivity contribution in [2.75, 3.05) is 45.1 Å².